The van der Waals surface area contributed by atoms with Crippen molar-refractivity contribution in [2.24, 2.45) is 0 Å². The Labute approximate surface area is 198 Å². The lowest BCUT2D eigenvalue weighted by molar-refractivity contribution is 0.0999. The molecule has 2 heterocycles. The molecule has 0 atom stereocenters. The first-order valence-corrected chi connectivity index (χ1v) is 10.7. The quantitative estimate of drug-likeness (QED) is 0.367. The molecule has 34 heavy (non-hydrogen) atoms. The van der Waals surface area contributed by atoms with Crippen LogP contribution in [-0.2, 0) is 11.3 Å². The summed E-state index contributed by atoms with van der Waals surface area (Å²) in [5, 5.41) is 12.8. The van der Waals surface area contributed by atoms with E-state index in [-0.39, 0.29) is 22.0 Å². The Morgan fingerprint density at radius 2 is 2.06 bits per heavy atom. The maximum atomic E-state index is 13.4. The van der Waals surface area contributed by atoms with Gasteiger partial charge in [-0.25, -0.2) is 4.39 Å². The molecular weight excluding hydrogens is 461 g/mol. The topological polar surface area (TPSA) is 97.3 Å². The number of nitrogens with one attached hydrogen (secondary N) is 1. The van der Waals surface area contributed by atoms with Crippen molar-refractivity contribution in [2.75, 3.05) is 19.0 Å². The van der Waals surface area contributed by atoms with Crippen LogP contribution in [0.1, 0.15) is 22.5 Å². The van der Waals surface area contributed by atoms with Gasteiger partial charge in [0.1, 0.15) is 23.0 Å². The SMILES string of the molecule is COCCCn1cc(-c2c(C(=O)Nc3ccc(F)cc3Cl)oc3ccccc23)cc(C#N)c1=O. The second kappa shape index (κ2) is 9.91. The number of rotatable bonds is 7. The molecule has 172 valence electrons. The number of nitriles is 1. The standard InChI is InChI=1S/C25H19ClFN3O4/c1-33-10-4-9-30-14-16(11-15(13-28)25(30)32)22-18-5-2-3-6-21(18)34-23(22)24(31)29-20-8-7-17(27)12-19(20)26/h2-3,5-8,11-12,14H,4,9-10H2,1H3,(H,29,31). The molecule has 1 N–H and O–H groups in total. The van der Waals surface area contributed by atoms with Crippen molar-refractivity contribution in [1.82, 2.24) is 4.57 Å². The van der Waals surface area contributed by atoms with Crippen LogP contribution in [0.4, 0.5) is 10.1 Å². The molecule has 0 saturated carbocycles. The van der Waals surface area contributed by atoms with Crippen molar-refractivity contribution >= 4 is 34.2 Å². The van der Waals surface area contributed by atoms with Gasteiger partial charge in [0, 0.05) is 43.0 Å². The Balaban J connectivity index is 1.85. The van der Waals surface area contributed by atoms with Crippen LogP contribution >= 0.6 is 11.6 Å². The summed E-state index contributed by atoms with van der Waals surface area (Å²) < 4.78 is 25.8. The molecule has 0 bridgehead atoms. The highest BCUT2D eigenvalue weighted by atomic mass is 35.5. The van der Waals surface area contributed by atoms with Gasteiger partial charge >= 0.3 is 0 Å². The van der Waals surface area contributed by atoms with Crippen LogP contribution in [0.5, 0.6) is 0 Å². The van der Waals surface area contributed by atoms with Gasteiger partial charge < -0.3 is 19.0 Å². The van der Waals surface area contributed by atoms with Crippen LogP contribution in [0.2, 0.25) is 5.02 Å². The lowest BCUT2D eigenvalue weighted by atomic mass is 10.0. The van der Waals surface area contributed by atoms with E-state index >= 15 is 0 Å². The molecular formula is C25H19ClFN3O4. The largest absolute Gasteiger partial charge is 0.450 e. The summed E-state index contributed by atoms with van der Waals surface area (Å²) in [5.74, 6) is -1.19. The van der Waals surface area contributed by atoms with Gasteiger partial charge in [-0.15, -0.1) is 0 Å². The first kappa shape index (κ1) is 23.2. The Morgan fingerprint density at radius 3 is 2.79 bits per heavy atom. The van der Waals surface area contributed by atoms with Crippen LogP contribution in [0.15, 0.2) is 63.9 Å². The number of pyridine rings is 1. The number of aryl methyl sites for hydroxylation is 1. The minimum atomic E-state index is -0.615. The van der Waals surface area contributed by atoms with Gasteiger partial charge in [0.15, 0.2) is 0 Å². The number of hydrogen-bond donors (Lipinski definition) is 1. The van der Waals surface area contributed by atoms with Gasteiger partial charge in [-0.3, -0.25) is 9.59 Å². The molecule has 0 radical (unpaired) electrons. The predicted molar refractivity (Wildman–Crippen MR) is 126 cm³/mol. The molecule has 1 amide bonds. The van der Waals surface area contributed by atoms with Gasteiger partial charge in [0.25, 0.3) is 11.5 Å². The maximum absolute atomic E-state index is 13.4. The molecule has 0 aliphatic heterocycles. The highest BCUT2D eigenvalue weighted by Crippen LogP contribution is 2.36. The van der Waals surface area contributed by atoms with Crippen molar-refractivity contribution in [2.45, 2.75) is 13.0 Å². The number of furan rings is 1. The molecule has 2 aromatic heterocycles. The minimum Gasteiger partial charge on any atom is -0.450 e. The van der Waals surface area contributed by atoms with Crippen molar-refractivity contribution in [3.63, 3.8) is 0 Å². The number of para-hydroxylation sites is 1. The number of hydrogen-bond acceptors (Lipinski definition) is 5. The monoisotopic (exact) mass is 479 g/mol. The lowest BCUT2D eigenvalue weighted by Crippen LogP contribution is -2.23. The predicted octanol–water partition coefficient (Wildman–Crippen LogP) is 5.21. The van der Waals surface area contributed by atoms with E-state index in [1.807, 2.05) is 6.07 Å². The van der Waals surface area contributed by atoms with E-state index in [1.165, 1.54) is 22.8 Å². The van der Waals surface area contributed by atoms with Crippen LogP contribution in [0.3, 0.4) is 0 Å². The third kappa shape index (κ3) is 4.57. The number of aromatic nitrogens is 1. The summed E-state index contributed by atoms with van der Waals surface area (Å²) in [6, 6.07) is 14.0. The third-order valence-corrected chi connectivity index (χ3v) is 5.54. The highest BCUT2D eigenvalue weighted by Gasteiger charge is 2.24. The molecule has 7 nitrogen and oxygen atoms in total. The number of amides is 1. The number of carbonyl (C=O) groups excluding carboxylic acids is 1. The fraction of sp³-hybridized carbons (Fsp3) is 0.160. The van der Waals surface area contributed by atoms with Crippen LogP contribution in [-0.4, -0.2) is 24.2 Å². The van der Waals surface area contributed by atoms with E-state index < -0.39 is 17.3 Å². The number of ether oxygens (including phenoxy) is 1. The van der Waals surface area contributed by atoms with Crippen molar-refractivity contribution in [3.8, 4) is 17.2 Å². The van der Waals surface area contributed by atoms with Gasteiger partial charge in [-0.1, -0.05) is 29.8 Å². The molecule has 4 rings (SSSR count). The summed E-state index contributed by atoms with van der Waals surface area (Å²) in [6.45, 7) is 0.775. The molecule has 9 heteroatoms. The molecule has 0 spiro atoms. The molecule has 0 unspecified atom stereocenters. The summed E-state index contributed by atoms with van der Waals surface area (Å²) >= 11 is 6.07. The zero-order valence-corrected chi connectivity index (χ0v) is 18.9. The average Bonchev–Trinajstić information content (AvgIpc) is 3.22. The molecule has 4 aromatic rings. The first-order chi connectivity index (χ1) is 16.4. The third-order valence-electron chi connectivity index (χ3n) is 5.22. The number of halogens is 2. The Hall–Kier alpha value is -3.93. The first-order valence-electron chi connectivity index (χ1n) is 10.3. The normalized spacial score (nSPS) is 10.9. The second-order valence-corrected chi connectivity index (χ2v) is 7.89. The maximum Gasteiger partial charge on any atom is 0.292 e. The smallest absolute Gasteiger partial charge is 0.292 e. The van der Waals surface area contributed by atoms with Gasteiger partial charge in [-0.2, -0.15) is 5.26 Å². The zero-order chi connectivity index (χ0) is 24.2. The van der Waals surface area contributed by atoms with E-state index in [2.05, 4.69) is 5.32 Å². The van der Waals surface area contributed by atoms with Gasteiger partial charge in [0.2, 0.25) is 5.76 Å². The fourth-order valence-electron chi connectivity index (χ4n) is 3.66. The van der Waals surface area contributed by atoms with Gasteiger partial charge in [0.05, 0.1) is 10.7 Å². The number of methoxy groups -OCH3 is 1. The van der Waals surface area contributed by atoms with Crippen LogP contribution < -0.4 is 10.9 Å². The van der Waals surface area contributed by atoms with Crippen LogP contribution in [0.25, 0.3) is 22.1 Å². The molecule has 0 aliphatic rings. The zero-order valence-electron chi connectivity index (χ0n) is 18.1. The summed E-state index contributed by atoms with van der Waals surface area (Å²) in [7, 11) is 1.57. The van der Waals surface area contributed by atoms with E-state index in [1.54, 1.807) is 37.6 Å². The molecule has 0 aliphatic carbocycles. The second-order valence-electron chi connectivity index (χ2n) is 7.48. The number of fused-ring (bicyclic) bond motifs is 1. The number of benzene rings is 2. The number of nitrogens with zero attached hydrogens (tertiary/aromatic N) is 2. The number of carbonyl (C=O) groups is 1. The average molecular weight is 480 g/mol. The summed E-state index contributed by atoms with van der Waals surface area (Å²) in [4.78, 5) is 25.9. The van der Waals surface area contributed by atoms with Crippen molar-refractivity contribution < 1.29 is 18.3 Å². The Bertz CT molecular complexity index is 1490. The molecule has 0 fully saturated rings. The van der Waals surface area contributed by atoms with E-state index in [0.29, 0.717) is 41.7 Å². The Morgan fingerprint density at radius 1 is 1.26 bits per heavy atom. The molecule has 2 aromatic carbocycles. The lowest BCUT2D eigenvalue weighted by Gasteiger charge is -2.11. The number of anilines is 1. The van der Waals surface area contributed by atoms with E-state index in [0.717, 1.165) is 6.07 Å². The van der Waals surface area contributed by atoms with Gasteiger partial charge in [-0.05, 0) is 36.8 Å². The molecule has 0 saturated heterocycles. The minimum absolute atomic E-state index is 0.0319. The van der Waals surface area contributed by atoms with Crippen LogP contribution in [0, 0.1) is 17.1 Å². The Kier molecular flexibility index (Phi) is 6.77. The summed E-state index contributed by atoms with van der Waals surface area (Å²) in [6.07, 6.45) is 2.16. The van der Waals surface area contributed by atoms with E-state index in [4.69, 9.17) is 20.8 Å². The fourth-order valence-corrected chi connectivity index (χ4v) is 3.87. The highest BCUT2D eigenvalue weighted by molar-refractivity contribution is 6.34. The van der Waals surface area contributed by atoms with Crippen molar-refractivity contribution in [3.05, 3.63) is 87.2 Å². The summed E-state index contributed by atoms with van der Waals surface area (Å²) in [5.41, 5.74) is 1.05. The van der Waals surface area contributed by atoms with Crippen molar-refractivity contribution in [1.29, 1.82) is 5.26 Å². The van der Waals surface area contributed by atoms with E-state index in [9.17, 15) is 19.2 Å².